The largest absolute Gasteiger partial charge is 0.368 e. The average molecular weight is 349 g/mol. The third-order valence-electron chi connectivity index (χ3n) is 3.58. The molecule has 0 spiro atoms. The number of carbonyl (C=O) groups is 3. The van der Waals surface area contributed by atoms with Crippen molar-refractivity contribution in [2.75, 3.05) is 0 Å². The van der Waals surface area contributed by atoms with Gasteiger partial charge in [0.05, 0.1) is 0 Å². The number of nitrogens with two attached hydrogens (primary N) is 1. The smallest absolute Gasteiger partial charge is 0.243 e. The summed E-state index contributed by atoms with van der Waals surface area (Å²) in [5, 5.41) is 5.08. The van der Waals surface area contributed by atoms with Crippen molar-refractivity contribution < 1.29 is 18.8 Å². The van der Waals surface area contributed by atoms with Gasteiger partial charge in [-0.2, -0.15) is 0 Å². The number of hydrogen-bond acceptors (Lipinski definition) is 3. The maximum Gasteiger partial charge on any atom is 0.243 e. The summed E-state index contributed by atoms with van der Waals surface area (Å²) in [7, 11) is 0. The summed E-state index contributed by atoms with van der Waals surface area (Å²) in [5.41, 5.74) is 5.88. The Morgan fingerprint density at radius 1 is 1.28 bits per heavy atom. The van der Waals surface area contributed by atoms with Crippen LogP contribution in [0.3, 0.4) is 0 Å². The predicted octanol–water partition coefficient (Wildman–Crippen LogP) is 1.20. The first kappa shape index (κ1) is 20.3. The number of hydrogen-bond donors (Lipinski definition) is 3. The van der Waals surface area contributed by atoms with Crippen molar-refractivity contribution in [2.24, 2.45) is 5.73 Å². The molecular formula is C18H24FN3O3. The first-order valence-electron chi connectivity index (χ1n) is 8.05. The van der Waals surface area contributed by atoms with E-state index in [2.05, 4.69) is 17.2 Å². The second-order valence-corrected chi connectivity index (χ2v) is 5.77. The van der Waals surface area contributed by atoms with E-state index in [0.29, 0.717) is 24.8 Å². The number of halogens is 1. The second kappa shape index (κ2) is 10.2. The van der Waals surface area contributed by atoms with Gasteiger partial charge in [-0.15, -0.1) is 6.58 Å². The van der Waals surface area contributed by atoms with Crippen LogP contribution in [-0.4, -0.2) is 29.8 Å². The van der Waals surface area contributed by atoms with Crippen molar-refractivity contribution >= 4 is 17.7 Å². The highest BCUT2D eigenvalue weighted by molar-refractivity contribution is 5.91. The van der Waals surface area contributed by atoms with Gasteiger partial charge in [0.25, 0.3) is 0 Å². The van der Waals surface area contributed by atoms with Gasteiger partial charge in [0.15, 0.2) is 0 Å². The first-order chi connectivity index (χ1) is 11.8. The second-order valence-electron chi connectivity index (χ2n) is 5.77. The monoisotopic (exact) mass is 349 g/mol. The molecule has 0 bridgehead atoms. The lowest BCUT2D eigenvalue weighted by Crippen LogP contribution is -2.53. The van der Waals surface area contributed by atoms with E-state index in [9.17, 15) is 18.8 Å². The van der Waals surface area contributed by atoms with Crippen LogP contribution in [0.2, 0.25) is 0 Å². The highest BCUT2D eigenvalue weighted by Gasteiger charge is 2.25. The van der Waals surface area contributed by atoms with Gasteiger partial charge in [-0.3, -0.25) is 14.4 Å². The minimum absolute atomic E-state index is 0.0985. The molecule has 7 heteroatoms. The molecule has 0 saturated carbocycles. The summed E-state index contributed by atoms with van der Waals surface area (Å²) in [5.74, 6) is -2.02. The summed E-state index contributed by atoms with van der Waals surface area (Å²) in [6.45, 7) is 4.88. The van der Waals surface area contributed by atoms with Crippen molar-refractivity contribution in [2.45, 2.75) is 44.7 Å². The Hall–Kier alpha value is -2.70. The van der Waals surface area contributed by atoms with E-state index >= 15 is 0 Å². The Bertz CT molecular complexity index is 634. The van der Waals surface area contributed by atoms with Gasteiger partial charge >= 0.3 is 0 Å². The zero-order chi connectivity index (χ0) is 18.8. The summed E-state index contributed by atoms with van der Waals surface area (Å²) in [4.78, 5) is 35.4. The van der Waals surface area contributed by atoms with Gasteiger partial charge in [-0.25, -0.2) is 4.39 Å². The SMILES string of the molecule is C=CCCC[C@@H](NC(=O)[C@@H](Cc1cccc(F)c1)NC(C)=O)C(N)=O. The van der Waals surface area contributed by atoms with E-state index in [1.165, 1.54) is 25.1 Å². The van der Waals surface area contributed by atoms with Crippen LogP contribution in [-0.2, 0) is 20.8 Å². The fourth-order valence-corrected chi connectivity index (χ4v) is 2.38. The molecule has 3 amide bonds. The third-order valence-corrected chi connectivity index (χ3v) is 3.58. The fraction of sp³-hybridized carbons (Fsp3) is 0.389. The lowest BCUT2D eigenvalue weighted by atomic mass is 10.0. The molecule has 0 aliphatic carbocycles. The Morgan fingerprint density at radius 2 is 2.00 bits per heavy atom. The molecule has 0 fully saturated rings. The fourth-order valence-electron chi connectivity index (χ4n) is 2.38. The number of rotatable bonds is 10. The van der Waals surface area contributed by atoms with Crippen molar-refractivity contribution in [3.63, 3.8) is 0 Å². The van der Waals surface area contributed by atoms with Crippen LogP contribution >= 0.6 is 0 Å². The van der Waals surface area contributed by atoms with Crippen LogP contribution in [0.15, 0.2) is 36.9 Å². The molecule has 2 atom stereocenters. The number of amides is 3. The van der Waals surface area contributed by atoms with E-state index in [1.54, 1.807) is 12.1 Å². The molecule has 0 heterocycles. The molecule has 0 unspecified atom stereocenters. The van der Waals surface area contributed by atoms with Crippen LogP contribution in [0.5, 0.6) is 0 Å². The van der Waals surface area contributed by atoms with Crippen LogP contribution in [0, 0.1) is 5.82 Å². The minimum atomic E-state index is -0.930. The highest BCUT2D eigenvalue weighted by Crippen LogP contribution is 2.08. The first-order valence-corrected chi connectivity index (χ1v) is 8.05. The highest BCUT2D eigenvalue weighted by atomic mass is 19.1. The normalized spacial score (nSPS) is 12.7. The maximum atomic E-state index is 13.3. The lowest BCUT2D eigenvalue weighted by Gasteiger charge is -2.21. The number of unbranched alkanes of at least 4 members (excludes halogenated alkanes) is 1. The molecule has 4 N–H and O–H groups in total. The molecule has 0 saturated heterocycles. The van der Waals surface area contributed by atoms with E-state index < -0.39 is 35.6 Å². The summed E-state index contributed by atoms with van der Waals surface area (Å²) in [6.07, 6.45) is 3.52. The van der Waals surface area contributed by atoms with E-state index in [1.807, 2.05) is 0 Å². The Kier molecular flexibility index (Phi) is 8.32. The van der Waals surface area contributed by atoms with Crippen molar-refractivity contribution in [3.8, 4) is 0 Å². The molecule has 136 valence electrons. The number of carbonyl (C=O) groups excluding carboxylic acids is 3. The van der Waals surface area contributed by atoms with Crippen LogP contribution in [0.1, 0.15) is 31.7 Å². The standard InChI is InChI=1S/C18H24FN3O3/c1-3-4-5-9-15(17(20)24)22-18(25)16(21-12(2)23)11-13-7-6-8-14(19)10-13/h3,6-8,10,15-16H,1,4-5,9,11H2,2H3,(H2,20,24)(H,21,23)(H,22,25)/t15-,16-/m1/s1. The zero-order valence-corrected chi connectivity index (χ0v) is 14.3. The van der Waals surface area contributed by atoms with Crippen LogP contribution in [0.25, 0.3) is 0 Å². The maximum absolute atomic E-state index is 13.3. The van der Waals surface area contributed by atoms with Gasteiger partial charge in [0.2, 0.25) is 17.7 Å². The van der Waals surface area contributed by atoms with Gasteiger partial charge < -0.3 is 16.4 Å². The van der Waals surface area contributed by atoms with Crippen molar-refractivity contribution in [1.29, 1.82) is 0 Å². The number of nitrogens with one attached hydrogen (secondary N) is 2. The molecule has 0 aromatic heterocycles. The number of benzene rings is 1. The van der Waals surface area contributed by atoms with Crippen LogP contribution in [0.4, 0.5) is 4.39 Å². The quantitative estimate of drug-likeness (QED) is 0.437. The predicted molar refractivity (Wildman–Crippen MR) is 92.9 cm³/mol. The summed E-state index contributed by atoms with van der Waals surface area (Å²) < 4.78 is 13.3. The summed E-state index contributed by atoms with van der Waals surface area (Å²) in [6, 6.07) is 3.99. The molecule has 1 aromatic carbocycles. The molecule has 25 heavy (non-hydrogen) atoms. The molecule has 1 aromatic rings. The van der Waals surface area contributed by atoms with Gasteiger partial charge in [-0.1, -0.05) is 18.2 Å². The zero-order valence-electron chi connectivity index (χ0n) is 14.3. The van der Waals surface area contributed by atoms with Crippen molar-refractivity contribution in [1.82, 2.24) is 10.6 Å². The average Bonchev–Trinajstić information content (AvgIpc) is 2.52. The van der Waals surface area contributed by atoms with Crippen molar-refractivity contribution in [3.05, 3.63) is 48.3 Å². The molecule has 0 radical (unpaired) electrons. The minimum Gasteiger partial charge on any atom is -0.368 e. The number of allylic oxidation sites excluding steroid dienone is 1. The molecule has 1 rings (SSSR count). The topological polar surface area (TPSA) is 101 Å². The summed E-state index contributed by atoms with van der Waals surface area (Å²) >= 11 is 0. The molecule has 0 aliphatic heterocycles. The van der Waals surface area contributed by atoms with Crippen LogP contribution < -0.4 is 16.4 Å². The third kappa shape index (κ3) is 7.60. The Morgan fingerprint density at radius 3 is 2.56 bits per heavy atom. The van der Waals surface area contributed by atoms with Gasteiger partial charge in [0, 0.05) is 13.3 Å². The number of primary amides is 1. The molecular weight excluding hydrogens is 325 g/mol. The Balaban J connectivity index is 2.81. The van der Waals surface area contributed by atoms with Gasteiger partial charge in [0.1, 0.15) is 17.9 Å². The van der Waals surface area contributed by atoms with E-state index in [4.69, 9.17) is 5.73 Å². The molecule has 0 aliphatic rings. The van der Waals surface area contributed by atoms with E-state index in [-0.39, 0.29) is 6.42 Å². The lowest BCUT2D eigenvalue weighted by molar-refractivity contribution is -0.130. The van der Waals surface area contributed by atoms with Gasteiger partial charge in [-0.05, 0) is 37.0 Å². The van der Waals surface area contributed by atoms with E-state index in [0.717, 1.165) is 0 Å². The molecule has 6 nitrogen and oxygen atoms in total. The Labute approximate surface area is 146 Å².